The molecule has 2 rings (SSSR count). The Bertz CT molecular complexity index is 578. The van der Waals surface area contributed by atoms with E-state index in [1.165, 1.54) is 24.3 Å². The molecule has 0 saturated heterocycles. The summed E-state index contributed by atoms with van der Waals surface area (Å²) in [5.74, 6) is -0.0569. The lowest BCUT2D eigenvalue weighted by atomic mass is 10.1. The average Bonchev–Trinajstić information content (AvgIpc) is 2.38. The highest BCUT2D eigenvalue weighted by Gasteiger charge is 2.30. The zero-order chi connectivity index (χ0) is 14.6. The van der Waals surface area contributed by atoms with E-state index in [-0.39, 0.29) is 6.61 Å². The van der Waals surface area contributed by atoms with E-state index in [4.69, 9.17) is 4.74 Å². The number of hydrogen-bond acceptors (Lipinski definition) is 1. The van der Waals surface area contributed by atoms with Gasteiger partial charge < -0.3 is 4.74 Å². The number of hydrogen-bond donors (Lipinski definition) is 0. The molecular weight excluding hydrogens is 272 g/mol. The summed E-state index contributed by atoms with van der Waals surface area (Å²) < 4.78 is 55.8. The van der Waals surface area contributed by atoms with Crippen LogP contribution in [0.5, 0.6) is 5.75 Å². The van der Waals surface area contributed by atoms with Gasteiger partial charge in [0.15, 0.2) is 0 Å². The topological polar surface area (TPSA) is 9.23 Å². The lowest BCUT2D eigenvalue weighted by Crippen LogP contribution is -2.07. The molecule has 0 aliphatic heterocycles. The first kappa shape index (κ1) is 14.4. The van der Waals surface area contributed by atoms with Crippen molar-refractivity contribution in [3.63, 3.8) is 0 Å². The number of halogens is 4. The van der Waals surface area contributed by atoms with Crippen molar-refractivity contribution in [3.8, 4) is 5.75 Å². The predicted octanol–water partition coefficient (Wildman–Crippen LogP) is 4.47. The van der Waals surface area contributed by atoms with Crippen LogP contribution < -0.4 is 4.74 Å². The van der Waals surface area contributed by atoms with Crippen molar-refractivity contribution in [2.24, 2.45) is 0 Å². The van der Waals surface area contributed by atoms with E-state index in [0.29, 0.717) is 17.7 Å². The van der Waals surface area contributed by atoms with E-state index < -0.39 is 17.6 Å². The highest BCUT2D eigenvalue weighted by atomic mass is 19.4. The van der Waals surface area contributed by atoms with Crippen LogP contribution in [-0.4, -0.2) is 6.61 Å². The van der Waals surface area contributed by atoms with Gasteiger partial charge in [-0.25, -0.2) is 4.39 Å². The molecule has 0 fully saturated rings. The Morgan fingerprint density at radius 2 is 1.70 bits per heavy atom. The van der Waals surface area contributed by atoms with Gasteiger partial charge >= 0.3 is 6.18 Å². The molecule has 2 aromatic carbocycles. The highest BCUT2D eigenvalue weighted by Crippen LogP contribution is 2.29. The first-order valence-corrected chi connectivity index (χ1v) is 6.00. The quantitative estimate of drug-likeness (QED) is 0.753. The van der Waals surface area contributed by atoms with Gasteiger partial charge in [-0.3, -0.25) is 0 Å². The normalized spacial score (nSPS) is 11.4. The van der Waals surface area contributed by atoms with Crippen LogP contribution in [0, 0.1) is 5.82 Å². The van der Waals surface area contributed by atoms with Crippen LogP contribution in [0.2, 0.25) is 0 Å². The Labute approximate surface area is 113 Å². The molecule has 0 spiro atoms. The number of rotatable bonds is 4. The SMILES string of the molecule is Fc1cccc(OCCc2cccc(C(F)(F)F)c2)c1. The third kappa shape index (κ3) is 3.98. The molecule has 5 heteroatoms. The van der Waals surface area contributed by atoms with Crippen LogP contribution in [-0.2, 0) is 12.6 Å². The van der Waals surface area contributed by atoms with Crippen LogP contribution in [0.15, 0.2) is 48.5 Å². The van der Waals surface area contributed by atoms with Crippen LogP contribution >= 0.6 is 0 Å². The van der Waals surface area contributed by atoms with Crippen molar-refractivity contribution in [2.75, 3.05) is 6.61 Å². The zero-order valence-electron chi connectivity index (χ0n) is 10.5. The van der Waals surface area contributed by atoms with Crippen molar-refractivity contribution >= 4 is 0 Å². The van der Waals surface area contributed by atoms with Gasteiger partial charge in [0.1, 0.15) is 11.6 Å². The molecule has 106 valence electrons. The summed E-state index contributed by atoms with van der Waals surface area (Å²) in [6, 6.07) is 10.7. The van der Waals surface area contributed by atoms with Gasteiger partial charge in [-0.05, 0) is 23.8 Å². The molecule has 0 bridgehead atoms. The Morgan fingerprint density at radius 3 is 2.40 bits per heavy atom. The summed E-state index contributed by atoms with van der Waals surface area (Å²) in [5.41, 5.74) is -0.156. The van der Waals surface area contributed by atoms with E-state index in [9.17, 15) is 17.6 Å². The third-order valence-electron chi connectivity index (χ3n) is 2.71. The number of ether oxygens (including phenoxy) is 1. The predicted molar refractivity (Wildman–Crippen MR) is 67.0 cm³/mol. The van der Waals surface area contributed by atoms with Gasteiger partial charge in [-0.2, -0.15) is 13.2 Å². The van der Waals surface area contributed by atoms with Gasteiger partial charge in [0, 0.05) is 12.5 Å². The Balaban J connectivity index is 1.94. The molecule has 0 unspecified atom stereocenters. The van der Waals surface area contributed by atoms with E-state index in [1.807, 2.05) is 0 Å². The van der Waals surface area contributed by atoms with Gasteiger partial charge in [0.25, 0.3) is 0 Å². The molecule has 0 aromatic heterocycles. The summed E-state index contributed by atoms with van der Waals surface area (Å²) in [5, 5.41) is 0. The third-order valence-corrected chi connectivity index (χ3v) is 2.71. The van der Waals surface area contributed by atoms with E-state index in [2.05, 4.69) is 0 Å². The fourth-order valence-electron chi connectivity index (χ4n) is 1.75. The number of alkyl halides is 3. The molecule has 0 atom stereocenters. The fourth-order valence-corrected chi connectivity index (χ4v) is 1.75. The maximum absolute atomic E-state index is 12.9. The van der Waals surface area contributed by atoms with Gasteiger partial charge in [0.05, 0.1) is 12.2 Å². The molecule has 0 N–H and O–H groups in total. The largest absolute Gasteiger partial charge is 0.493 e. The molecule has 1 nitrogen and oxygen atoms in total. The van der Waals surface area contributed by atoms with E-state index in [1.54, 1.807) is 12.1 Å². The second-order valence-electron chi connectivity index (χ2n) is 4.25. The molecule has 0 amide bonds. The lowest BCUT2D eigenvalue weighted by Gasteiger charge is -2.09. The molecule has 0 heterocycles. The van der Waals surface area contributed by atoms with Crippen molar-refractivity contribution in [1.82, 2.24) is 0 Å². The summed E-state index contributed by atoms with van der Waals surface area (Å²) in [6.07, 6.45) is -4.03. The molecule has 2 aromatic rings. The van der Waals surface area contributed by atoms with Crippen molar-refractivity contribution in [2.45, 2.75) is 12.6 Å². The minimum atomic E-state index is -4.35. The van der Waals surface area contributed by atoms with Crippen LogP contribution in [0.4, 0.5) is 17.6 Å². The molecule has 0 aliphatic carbocycles. The van der Waals surface area contributed by atoms with E-state index in [0.717, 1.165) is 12.1 Å². The lowest BCUT2D eigenvalue weighted by molar-refractivity contribution is -0.137. The van der Waals surface area contributed by atoms with Crippen molar-refractivity contribution in [1.29, 1.82) is 0 Å². The fraction of sp³-hybridized carbons (Fsp3) is 0.200. The van der Waals surface area contributed by atoms with Crippen LogP contribution in [0.25, 0.3) is 0 Å². The molecule has 0 aliphatic rings. The van der Waals surface area contributed by atoms with Gasteiger partial charge in [0.2, 0.25) is 0 Å². The van der Waals surface area contributed by atoms with Crippen LogP contribution in [0.1, 0.15) is 11.1 Å². The minimum absolute atomic E-state index is 0.185. The monoisotopic (exact) mass is 284 g/mol. The smallest absolute Gasteiger partial charge is 0.416 e. The molecule has 20 heavy (non-hydrogen) atoms. The Kier molecular flexibility index (Phi) is 4.27. The van der Waals surface area contributed by atoms with Gasteiger partial charge in [-0.15, -0.1) is 0 Å². The minimum Gasteiger partial charge on any atom is -0.493 e. The van der Waals surface area contributed by atoms with Crippen molar-refractivity contribution < 1.29 is 22.3 Å². The van der Waals surface area contributed by atoms with Crippen LogP contribution in [0.3, 0.4) is 0 Å². The molecule has 0 saturated carbocycles. The van der Waals surface area contributed by atoms with Gasteiger partial charge in [-0.1, -0.05) is 24.3 Å². The summed E-state index contributed by atoms with van der Waals surface area (Å²) in [6.45, 7) is 0.185. The Hall–Kier alpha value is -2.04. The Morgan fingerprint density at radius 1 is 0.950 bits per heavy atom. The standard InChI is InChI=1S/C15H12F4O/c16-13-5-2-6-14(10-13)20-8-7-11-3-1-4-12(9-11)15(17,18)19/h1-6,9-10H,7-8H2. The highest BCUT2D eigenvalue weighted by molar-refractivity contribution is 5.26. The average molecular weight is 284 g/mol. The van der Waals surface area contributed by atoms with E-state index >= 15 is 0 Å². The maximum atomic E-state index is 12.9. The first-order valence-electron chi connectivity index (χ1n) is 6.00. The number of benzene rings is 2. The molecular formula is C15H12F4O. The first-order chi connectivity index (χ1) is 9.45. The second-order valence-corrected chi connectivity index (χ2v) is 4.25. The summed E-state index contributed by atoms with van der Waals surface area (Å²) >= 11 is 0. The van der Waals surface area contributed by atoms with Crippen molar-refractivity contribution in [3.05, 3.63) is 65.5 Å². The second kappa shape index (κ2) is 5.94. The maximum Gasteiger partial charge on any atom is 0.416 e. The molecule has 0 radical (unpaired) electrons. The summed E-state index contributed by atoms with van der Waals surface area (Å²) in [4.78, 5) is 0. The zero-order valence-corrected chi connectivity index (χ0v) is 10.5. The summed E-state index contributed by atoms with van der Waals surface area (Å²) in [7, 11) is 0.